The smallest absolute Gasteiger partial charge is 0.261 e. The van der Waals surface area contributed by atoms with E-state index in [-0.39, 0.29) is 6.61 Å². The zero-order valence-corrected chi connectivity index (χ0v) is 11.5. The van der Waals surface area contributed by atoms with Gasteiger partial charge in [-0.25, -0.2) is 18.7 Å². The van der Waals surface area contributed by atoms with E-state index in [2.05, 4.69) is 22.2 Å². The molecule has 1 heterocycles. The second-order valence-corrected chi connectivity index (χ2v) is 4.16. The molecule has 0 saturated heterocycles. The Morgan fingerprint density at radius 3 is 2.68 bits per heavy atom. The SMILES string of the molecule is CCCc1cc(NCC)nc(CCOCC(F)F)n1. The lowest BCUT2D eigenvalue weighted by Gasteiger charge is -2.09. The van der Waals surface area contributed by atoms with Gasteiger partial charge in [-0.15, -0.1) is 0 Å². The monoisotopic (exact) mass is 273 g/mol. The second kappa shape index (κ2) is 8.74. The molecule has 0 unspecified atom stereocenters. The van der Waals surface area contributed by atoms with Gasteiger partial charge < -0.3 is 10.1 Å². The number of hydrogen-bond acceptors (Lipinski definition) is 4. The van der Waals surface area contributed by atoms with Crippen LogP contribution in [-0.4, -0.2) is 36.2 Å². The lowest BCUT2D eigenvalue weighted by molar-refractivity contribution is 0.0183. The predicted molar refractivity (Wildman–Crippen MR) is 70.7 cm³/mol. The van der Waals surface area contributed by atoms with E-state index in [0.29, 0.717) is 12.2 Å². The van der Waals surface area contributed by atoms with Crippen LogP contribution in [0.5, 0.6) is 0 Å². The maximum atomic E-state index is 11.9. The molecule has 0 fully saturated rings. The number of rotatable bonds is 9. The van der Waals surface area contributed by atoms with E-state index in [1.165, 1.54) is 0 Å². The van der Waals surface area contributed by atoms with Crippen LogP contribution in [0, 0.1) is 0 Å². The molecule has 1 aromatic rings. The van der Waals surface area contributed by atoms with Gasteiger partial charge in [0.2, 0.25) is 0 Å². The second-order valence-electron chi connectivity index (χ2n) is 4.16. The van der Waals surface area contributed by atoms with Gasteiger partial charge in [0, 0.05) is 24.7 Å². The van der Waals surface area contributed by atoms with E-state index >= 15 is 0 Å². The van der Waals surface area contributed by atoms with Crippen LogP contribution in [0.15, 0.2) is 6.07 Å². The van der Waals surface area contributed by atoms with Crippen LogP contribution in [0.2, 0.25) is 0 Å². The molecule has 19 heavy (non-hydrogen) atoms. The number of anilines is 1. The molecule has 1 N–H and O–H groups in total. The van der Waals surface area contributed by atoms with Crippen LogP contribution in [0.25, 0.3) is 0 Å². The number of hydrogen-bond donors (Lipinski definition) is 1. The van der Waals surface area contributed by atoms with E-state index in [1.807, 2.05) is 13.0 Å². The largest absolute Gasteiger partial charge is 0.375 e. The van der Waals surface area contributed by atoms with Gasteiger partial charge in [0.15, 0.2) is 0 Å². The number of alkyl halides is 2. The highest BCUT2D eigenvalue weighted by atomic mass is 19.3. The van der Waals surface area contributed by atoms with E-state index in [9.17, 15) is 8.78 Å². The molecule has 0 saturated carbocycles. The van der Waals surface area contributed by atoms with Gasteiger partial charge in [0.1, 0.15) is 18.2 Å². The Labute approximate surface area is 112 Å². The Kier molecular flexibility index (Phi) is 7.25. The Morgan fingerprint density at radius 2 is 2.05 bits per heavy atom. The lowest BCUT2D eigenvalue weighted by atomic mass is 10.2. The van der Waals surface area contributed by atoms with E-state index < -0.39 is 13.0 Å². The van der Waals surface area contributed by atoms with Gasteiger partial charge in [0.05, 0.1) is 6.61 Å². The molecule has 1 aromatic heterocycles. The average Bonchev–Trinajstić information content (AvgIpc) is 2.35. The fraction of sp³-hybridized carbons (Fsp3) is 0.692. The number of aryl methyl sites for hydroxylation is 1. The van der Waals surface area contributed by atoms with E-state index in [1.54, 1.807) is 0 Å². The Hall–Kier alpha value is -1.30. The zero-order chi connectivity index (χ0) is 14.1. The van der Waals surface area contributed by atoms with Gasteiger partial charge in [-0.3, -0.25) is 0 Å². The highest BCUT2D eigenvalue weighted by Gasteiger charge is 2.06. The predicted octanol–water partition coefficient (Wildman–Crippen LogP) is 2.69. The van der Waals surface area contributed by atoms with Crippen molar-refractivity contribution in [3.8, 4) is 0 Å². The summed E-state index contributed by atoms with van der Waals surface area (Å²) in [5, 5.41) is 3.14. The van der Waals surface area contributed by atoms with Crippen molar-refractivity contribution < 1.29 is 13.5 Å². The molecule has 0 spiro atoms. The maximum Gasteiger partial charge on any atom is 0.261 e. The molecule has 0 radical (unpaired) electrons. The van der Waals surface area contributed by atoms with Crippen molar-refractivity contribution in [2.24, 2.45) is 0 Å². The molecule has 0 atom stereocenters. The normalized spacial score (nSPS) is 11.0. The molecule has 0 aliphatic heterocycles. The first kappa shape index (κ1) is 15.8. The van der Waals surface area contributed by atoms with Crippen LogP contribution >= 0.6 is 0 Å². The Bertz CT molecular complexity index is 351. The quantitative estimate of drug-likeness (QED) is 0.703. The minimum atomic E-state index is -2.43. The summed E-state index contributed by atoms with van der Waals surface area (Å²) in [5.41, 5.74) is 0.970. The molecule has 4 nitrogen and oxygen atoms in total. The fourth-order valence-electron chi connectivity index (χ4n) is 1.66. The maximum absolute atomic E-state index is 11.9. The summed E-state index contributed by atoms with van der Waals surface area (Å²) in [6, 6.07) is 1.93. The molecule has 6 heteroatoms. The third-order valence-electron chi connectivity index (χ3n) is 2.40. The standard InChI is InChI=1S/C13H21F2N3O/c1-3-5-10-8-13(16-4-2)18-12(17-10)6-7-19-9-11(14)15/h8,11H,3-7,9H2,1-2H3,(H,16,17,18). The van der Waals surface area contributed by atoms with Crippen LogP contribution in [0.1, 0.15) is 31.8 Å². The van der Waals surface area contributed by atoms with Crippen molar-refractivity contribution in [1.29, 1.82) is 0 Å². The summed E-state index contributed by atoms with van der Waals surface area (Å²) in [6.07, 6.45) is -0.0945. The van der Waals surface area contributed by atoms with Crippen molar-refractivity contribution in [3.63, 3.8) is 0 Å². The first-order valence-electron chi connectivity index (χ1n) is 6.62. The van der Waals surface area contributed by atoms with Crippen LogP contribution < -0.4 is 5.32 Å². The summed E-state index contributed by atoms with van der Waals surface area (Å²) in [5.74, 6) is 1.42. The Balaban J connectivity index is 2.59. The number of aromatic nitrogens is 2. The van der Waals surface area contributed by atoms with E-state index in [0.717, 1.165) is 30.9 Å². The zero-order valence-electron chi connectivity index (χ0n) is 11.5. The van der Waals surface area contributed by atoms with Crippen molar-refractivity contribution in [1.82, 2.24) is 9.97 Å². The summed E-state index contributed by atoms with van der Waals surface area (Å²) < 4.78 is 28.7. The molecule has 0 aliphatic rings. The molecule has 0 aromatic carbocycles. The summed E-state index contributed by atoms with van der Waals surface area (Å²) in [7, 11) is 0. The van der Waals surface area contributed by atoms with Crippen molar-refractivity contribution in [2.45, 2.75) is 39.5 Å². The summed E-state index contributed by atoms with van der Waals surface area (Å²) >= 11 is 0. The van der Waals surface area contributed by atoms with E-state index in [4.69, 9.17) is 4.74 Å². The average molecular weight is 273 g/mol. The first-order valence-corrected chi connectivity index (χ1v) is 6.62. The van der Waals surface area contributed by atoms with Crippen molar-refractivity contribution in [3.05, 3.63) is 17.6 Å². The topological polar surface area (TPSA) is 47.0 Å². The molecule has 1 rings (SSSR count). The molecule has 0 aliphatic carbocycles. The molecule has 0 amide bonds. The van der Waals surface area contributed by atoms with Crippen molar-refractivity contribution >= 4 is 5.82 Å². The number of nitrogens with zero attached hydrogens (tertiary/aromatic N) is 2. The van der Waals surface area contributed by atoms with Gasteiger partial charge in [0.25, 0.3) is 6.43 Å². The fourth-order valence-corrected chi connectivity index (χ4v) is 1.66. The minimum absolute atomic E-state index is 0.214. The number of nitrogens with one attached hydrogen (secondary N) is 1. The third kappa shape index (κ3) is 6.42. The van der Waals surface area contributed by atoms with Gasteiger partial charge >= 0.3 is 0 Å². The number of halogens is 2. The van der Waals surface area contributed by atoms with Crippen LogP contribution in [-0.2, 0) is 17.6 Å². The third-order valence-corrected chi connectivity index (χ3v) is 2.40. The van der Waals surface area contributed by atoms with Crippen LogP contribution in [0.3, 0.4) is 0 Å². The highest BCUT2D eigenvalue weighted by Crippen LogP contribution is 2.09. The van der Waals surface area contributed by atoms with Gasteiger partial charge in [-0.1, -0.05) is 13.3 Å². The molecule has 0 bridgehead atoms. The van der Waals surface area contributed by atoms with Crippen molar-refractivity contribution in [2.75, 3.05) is 25.1 Å². The van der Waals surface area contributed by atoms with Gasteiger partial charge in [-0.05, 0) is 13.3 Å². The molecular weight excluding hydrogens is 252 g/mol. The highest BCUT2D eigenvalue weighted by molar-refractivity contribution is 5.36. The Morgan fingerprint density at radius 1 is 1.26 bits per heavy atom. The molecule has 108 valence electrons. The first-order chi connectivity index (χ1) is 9.15. The summed E-state index contributed by atoms with van der Waals surface area (Å²) in [6.45, 7) is 4.54. The van der Waals surface area contributed by atoms with Crippen LogP contribution in [0.4, 0.5) is 14.6 Å². The minimum Gasteiger partial charge on any atom is -0.375 e. The van der Waals surface area contributed by atoms with Gasteiger partial charge in [-0.2, -0.15) is 0 Å². The molecular formula is C13H21F2N3O. The summed E-state index contributed by atoms with van der Waals surface area (Å²) in [4.78, 5) is 8.74. The number of ether oxygens (including phenoxy) is 1. The lowest BCUT2D eigenvalue weighted by Crippen LogP contribution is -2.11.